The Morgan fingerprint density at radius 1 is 1.17 bits per heavy atom. The fourth-order valence-corrected chi connectivity index (χ4v) is 2.53. The predicted octanol–water partition coefficient (Wildman–Crippen LogP) is 1.80. The summed E-state index contributed by atoms with van der Waals surface area (Å²) in [6.07, 6.45) is 0. The van der Waals surface area contributed by atoms with Gasteiger partial charge in [0.2, 0.25) is 0 Å². The van der Waals surface area contributed by atoms with E-state index in [1.165, 1.54) is 21.6 Å². The van der Waals surface area contributed by atoms with E-state index < -0.39 is 12.0 Å². The first-order valence-electron chi connectivity index (χ1n) is 5.75. The van der Waals surface area contributed by atoms with Crippen molar-refractivity contribution in [2.45, 2.75) is 39.2 Å². The number of hydrogen-bond donors (Lipinski definition) is 1. The van der Waals surface area contributed by atoms with Crippen LogP contribution in [0.4, 0.5) is 0 Å². The molecule has 0 aliphatic carbocycles. The van der Waals surface area contributed by atoms with Crippen LogP contribution in [0.1, 0.15) is 27.7 Å². The number of rotatable bonds is 8. The Bertz CT molecular complexity index is 272. The van der Waals surface area contributed by atoms with Gasteiger partial charge in [0, 0.05) is 5.75 Å². The predicted molar refractivity (Wildman–Crippen MR) is 75.0 cm³/mol. The molecule has 2 atom stereocenters. The maximum absolute atomic E-state index is 11.3. The zero-order valence-corrected chi connectivity index (χ0v) is 12.8. The topological polar surface area (TPSA) is 78.6 Å². The summed E-state index contributed by atoms with van der Waals surface area (Å²) in [7, 11) is 2.92. The lowest BCUT2D eigenvalue weighted by Gasteiger charge is -2.13. The molecule has 0 fully saturated rings. The molecule has 0 aliphatic rings. The van der Waals surface area contributed by atoms with Gasteiger partial charge in [-0.15, -0.1) is 0 Å². The van der Waals surface area contributed by atoms with Crippen molar-refractivity contribution in [1.29, 1.82) is 0 Å². The first-order valence-corrected chi connectivity index (χ1v) is 8.13. The van der Waals surface area contributed by atoms with Crippen molar-refractivity contribution >= 4 is 33.5 Å². The molecule has 106 valence electrons. The summed E-state index contributed by atoms with van der Waals surface area (Å²) in [6, 6.07) is -0.589. The number of ether oxygens (including phenoxy) is 2. The fraction of sp³-hybridized carbons (Fsp3) is 0.818. The molecule has 18 heavy (non-hydrogen) atoms. The monoisotopic (exact) mass is 295 g/mol. The zero-order chi connectivity index (χ0) is 14.1. The standard InChI is InChI=1S/C11H21NO4S2/c1-7(2)10(13)16-9(4)18-17-6-5-15-11(14)8(3)12/h7-9H,5-6,12H2,1-4H3/t8-,9?/m0/s1. The van der Waals surface area contributed by atoms with Gasteiger partial charge in [-0.2, -0.15) is 0 Å². The Kier molecular flexibility index (Phi) is 9.31. The summed E-state index contributed by atoms with van der Waals surface area (Å²) in [5, 5.41) is 0. The van der Waals surface area contributed by atoms with Crippen LogP contribution in [0.15, 0.2) is 0 Å². The van der Waals surface area contributed by atoms with Crippen LogP contribution in [-0.4, -0.2) is 35.8 Å². The third kappa shape index (κ3) is 8.66. The van der Waals surface area contributed by atoms with Gasteiger partial charge in [0.05, 0.1) is 5.92 Å². The first-order chi connectivity index (χ1) is 8.34. The summed E-state index contributed by atoms with van der Waals surface area (Å²) >= 11 is 0. The zero-order valence-electron chi connectivity index (χ0n) is 11.2. The maximum atomic E-state index is 11.3. The van der Waals surface area contributed by atoms with E-state index in [2.05, 4.69) is 0 Å². The molecule has 0 spiro atoms. The van der Waals surface area contributed by atoms with Crippen molar-refractivity contribution in [1.82, 2.24) is 0 Å². The molecule has 0 radical (unpaired) electrons. The molecule has 2 N–H and O–H groups in total. The smallest absolute Gasteiger partial charge is 0.322 e. The van der Waals surface area contributed by atoms with Gasteiger partial charge in [-0.3, -0.25) is 9.59 Å². The van der Waals surface area contributed by atoms with E-state index in [-0.39, 0.29) is 17.3 Å². The minimum absolute atomic E-state index is 0.120. The maximum Gasteiger partial charge on any atom is 0.322 e. The van der Waals surface area contributed by atoms with Gasteiger partial charge in [-0.25, -0.2) is 0 Å². The average molecular weight is 295 g/mol. The van der Waals surface area contributed by atoms with Gasteiger partial charge in [-0.1, -0.05) is 24.6 Å². The minimum atomic E-state index is -0.589. The summed E-state index contributed by atoms with van der Waals surface area (Å²) in [5.41, 5.74) is 5.12. The Labute approximate surface area is 116 Å². The van der Waals surface area contributed by atoms with Gasteiger partial charge >= 0.3 is 11.9 Å². The van der Waals surface area contributed by atoms with Gasteiger partial charge in [0.25, 0.3) is 0 Å². The second-order valence-corrected chi connectivity index (χ2v) is 6.82. The molecule has 0 rings (SSSR count). The molecular weight excluding hydrogens is 274 g/mol. The Balaban J connectivity index is 3.55. The van der Waals surface area contributed by atoms with E-state index >= 15 is 0 Å². The highest BCUT2D eigenvalue weighted by Crippen LogP contribution is 2.27. The van der Waals surface area contributed by atoms with E-state index in [0.29, 0.717) is 12.4 Å². The highest BCUT2D eigenvalue weighted by atomic mass is 33.1. The molecule has 0 bridgehead atoms. The molecule has 0 aromatic carbocycles. The van der Waals surface area contributed by atoms with E-state index in [9.17, 15) is 9.59 Å². The SMILES string of the molecule is CC(OC(=O)C(C)C)SSCCOC(=O)[C@H](C)N. The van der Waals surface area contributed by atoms with Crippen molar-refractivity contribution in [2.24, 2.45) is 11.7 Å². The highest BCUT2D eigenvalue weighted by molar-refractivity contribution is 8.76. The molecule has 0 saturated heterocycles. The molecule has 0 saturated carbocycles. The number of esters is 2. The Morgan fingerprint density at radius 3 is 2.28 bits per heavy atom. The second-order valence-electron chi connectivity index (χ2n) is 4.03. The van der Waals surface area contributed by atoms with Crippen LogP contribution in [0.3, 0.4) is 0 Å². The Hall–Kier alpha value is -0.400. The summed E-state index contributed by atoms with van der Waals surface area (Å²) in [5.74, 6) is -0.101. The summed E-state index contributed by atoms with van der Waals surface area (Å²) in [6.45, 7) is 7.28. The van der Waals surface area contributed by atoms with Crippen molar-refractivity contribution in [3.05, 3.63) is 0 Å². The molecule has 1 unspecified atom stereocenters. The third-order valence-electron chi connectivity index (χ3n) is 1.74. The van der Waals surface area contributed by atoms with Crippen LogP contribution in [0.2, 0.25) is 0 Å². The number of hydrogen-bond acceptors (Lipinski definition) is 7. The molecular formula is C11H21NO4S2. The van der Waals surface area contributed by atoms with Crippen LogP contribution in [0.5, 0.6) is 0 Å². The quantitative estimate of drug-likeness (QED) is 0.316. The molecule has 0 aliphatic heterocycles. The van der Waals surface area contributed by atoms with Crippen molar-refractivity contribution in [3.8, 4) is 0 Å². The molecule has 7 heteroatoms. The summed E-state index contributed by atoms with van der Waals surface area (Å²) < 4.78 is 10.1. The third-order valence-corrected chi connectivity index (χ3v) is 4.30. The second kappa shape index (κ2) is 9.52. The lowest BCUT2D eigenvalue weighted by atomic mass is 10.2. The van der Waals surface area contributed by atoms with Gasteiger partial charge in [-0.05, 0) is 24.6 Å². The van der Waals surface area contributed by atoms with E-state index in [4.69, 9.17) is 15.2 Å². The van der Waals surface area contributed by atoms with Crippen molar-refractivity contribution < 1.29 is 19.1 Å². The minimum Gasteiger partial charge on any atom is -0.464 e. The largest absolute Gasteiger partial charge is 0.464 e. The van der Waals surface area contributed by atoms with Crippen LogP contribution in [0.25, 0.3) is 0 Å². The average Bonchev–Trinajstić information content (AvgIpc) is 2.27. The van der Waals surface area contributed by atoms with Crippen molar-refractivity contribution in [3.63, 3.8) is 0 Å². The van der Waals surface area contributed by atoms with Crippen LogP contribution in [-0.2, 0) is 19.1 Å². The molecule has 0 aromatic heterocycles. The molecule has 0 aromatic rings. The lowest BCUT2D eigenvalue weighted by Crippen LogP contribution is -2.29. The molecule has 5 nitrogen and oxygen atoms in total. The first kappa shape index (κ1) is 17.6. The Morgan fingerprint density at radius 2 is 1.78 bits per heavy atom. The molecule has 0 heterocycles. The van der Waals surface area contributed by atoms with Gasteiger partial charge in [0.15, 0.2) is 5.44 Å². The highest BCUT2D eigenvalue weighted by Gasteiger charge is 2.13. The fourth-order valence-electron chi connectivity index (χ4n) is 0.771. The van der Waals surface area contributed by atoms with Crippen LogP contribution in [0, 0.1) is 5.92 Å². The van der Waals surface area contributed by atoms with Crippen LogP contribution >= 0.6 is 21.6 Å². The normalized spacial score (nSPS) is 14.1. The van der Waals surface area contributed by atoms with Crippen molar-refractivity contribution in [2.75, 3.05) is 12.4 Å². The van der Waals surface area contributed by atoms with E-state index in [1.807, 2.05) is 6.92 Å². The van der Waals surface area contributed by atoms with E-state index in [1.54, 1.807) is 20.8 Å². The van der Waals surface area contributed by atoms with E-state index in [0.717, 1.165) is 0 Å². The number of carbonyl (C=O) groups excluding carboxylic acids is 2. The number of nitrogens with two attached hydrogens (primary N) is 1. The van der Waals surface area contributed by atoms with Gasteiger partial charge < -0.3 is 15.2 Å². The van der Waals surface area contributed by atoms with Crippen LogP contribution < -0.4 is 5.73 Å². The lowest BCUT2D eigenvalue weighted by molar-refractivity contribution is -0.148. The molecule has 0 amide bonds. The van der Waals surface area contributed by atoms with Gasteiger partial charge in [0.1, 0.15) is 12.6 Å². The number of carbonyl (C=O) groups is 2. The summed E-state index contributed by atoms with van der Waals surface area (Å²) in [4.78, 5) is 22.3.